The lowest BCUT2D eigenvalue weighted by Crippen LogP contribution is -2.43. The molecule has 1 aromatic heterocycles. The third kappa shape index (κ3) is 4.01. The van der Waals surface area contributed by atoms with Crippen LogP contribution in [-0.4, -0.2) is 48.2 Å². The van der Waals surface area contributed by atoms with E-state index in [1.54, 1.807) is 6.26 Å². The molecule has 0 saturated carbocycles. The van der Waals surface area contributed by atoms with Crippen LogP contribution in [0.3, 0.4) is 0 Å². The number of likely N-dealkylation sites (N-methyl/N-ethyl adjacent to an activating group) is 1. The van der Waals surface area contributed by atoms with Crippen molar-refractivity contribution in [2.24, 2.45) is 0 Å². The van der Waals surface area contributed by atoms with Crippen LogP contribution in [0, 0.1) is 0 Å². The second-order valence-electron chi connectivity index (χ2n) is 3.57. The molecule has 0 amide bonds. The number of aromatic nitrogens is 1. The van der Waals surface area contributed by atoms with Gasteiger partial charge in [0, 0.05) is 38.8 Å². The molecular weight excluding hydrogens is 190 g/mol. The zero-order chi connectivity index (χ0) is 11.1. The largest absolute Gasteiger partial charge is 0.364 e. The van der Waals surface area contributed by atoms with Gasteiger partial charge in [0.1, 0.15) is 6.26 Å². The molecule has 1 saturated heterocycles. The molecule has 2 heterocycles. The minimum absolute atomic E-state index is 0.921. The van der Waals surface area contributed by atoms with Crippen molar-refractivity contribution in [3.63, 3.8) is 0 Å². The van der Waals surface area contributed by atoms with Crippen LogP contribution >= 0.6 is 0 Å². The first-order valence-corrected chi connectivity index (χ1v) is 5.65. The summed E-state index contributed by atoms with van der Waals surface area (Å²) in [5.74, 6) is 0. The van der Waals surface area contributed by atoms with Crippen LogP contribution in [-0.2, 0) is 6.54 Å². The summed E-state index contributed by atoms with van der Waals surface area (Å²) in [4.78, 5) is 4.75. The zero-order valence-electron chi connectivity index (χ0n) is 9.94. The average molecular weight is 211 g/mol. The van der Waals surface area contributed by atoms with Crippen LogP contribution < -0.4 is 0 Å². The predicted octanol–water partition coefficient (Wildman–Crippen LogP) is 1.45. The molecule has 0 radical (unpaired) electrons. The second kappa shape index (κ2) is 6.58. The highest BCUT2D eigenvalue weighted by atomic mass is 16.5. The summed E-state index contributed by atoms with van der Waals surface area (Å²) in [7, 11) is 2.16. The Hall–Kier alpha value is -0.870. The normalized spacial score (nSPS) is 18.3. The molecule has 4 heteroatoms. The molecule has 0 N–H and O–H groups in total. The zero-order valence-corrected chi connectivity index (χ0v) is 9.94. The Morgan fingerprint density at radius 2 is 1.93 bits per heavy atom. The topological polar surface area (TPSA) is 32.5 Å². The van der Waals surface area contributed by atoms with Crippen molar-refractivity contribution in [3.05, 3.63) is 18.0 Å². The molecule has 15 heavy (non-hydrogen) atoms. The van der Waals surface area contributed by atoms with Gasteiger partial charge in [0.15, 0.2) is 0 Å². The van der Waals surface area contributed by atoms with Crippen LogP contribution in [0.4, 0.5) is 0 Å². The number of nitrogens with zero attached hydrogens (tertiary/aromatic N) is 3. The third-order valence-corrected chi connectivity index (χ3v) is 2.47. The Labute approximate surface area is 91.8 Å². The van der Waals surface area contributed by atoms with Crippen LogP contribution in [0.2, 0.25) is 0 Å². The van der Waals surface area contributed by atoms with Crippen LogP contribution in [0.15, 0.2) is 16.9 Å². The highest BCUT2D eigenvalue weighted by molar-refractivity contribution is 4.95. The Kier molecular flexibility index (Phi) is 5.36. The first-order valence-electron chi connectivity index (χ1n) is 5.65. The molecule has 1 fully saturated rings. The minimum atomic E-state index is 0.921. The fourth-order valence-electron chi connectivity index (χ4n) is 1.55. The van der Waals surface area contributed by atoms with Gasteiger partial charge in [0.2, 0.25) is 0 Å². The van der Waals surface area contributed by atoms with E-state index in [1.165, 1.54) is 0 Å². The van der Waals surface area contributed by atoms with Gasteiger partial charge in [-0.2, -0.15) is 0 Å². The second-order valence-corrected chi connectivity index (χ2v) is 3.57. The first-order chi connectivity index (χ1) is 7.34. The van der Waals surface area contributed by atoms with Gasteiger partial charge in [-0.3, -0.25) is 4.90 Å². The van der Waals surface area contributed by atoms with E-state index in [0.29, 0.717) is 0 Å². The SMILES string of the molecule is CC.CN1CCN(Cc2ccon2)CC1. The summed E-state index contributed by atoms with van der Waals surface area (Å²) in [6, 6.07) is 1.93. The maximum Gasteiger partial charge on any atom is 0.124 e. The summed E-state index contributed by atoms with van der Waals surface area (Å²) in [6.07, 6.45) is 1.63. The van der Waals surface area contributed by atoms with Crippen molar-refractivity contribution < 1.29 is 4.52 Å². The smallest absolute Gasteiger partial charge is 0.124 e. The summed E-state index contributed by atoms with van der Waals surface area (Å²) in [6.45, 7) is 9.48. The van der Waals surface area contributed by atoms with E-state index < -0.39 is 0 Å². The Balaban J connectivity index is 0.000000531. The molecule has 0 aromatic carbocycles. The Morgan fingerprint density at radius 3 is 2.47 bits per heavy atom. The van der Waals surface area contributed by atoms with Crippen LogP contribution in [0.1, 0.15) is 19.5 Å². The highest BCUT2D eigenvalue weighted by Gasteiger charge is 2.14. The Morgan fingerprint density at radius 1 is 1.27 bits per heavy atom. The molecule has 2 rings (SSSR count). The lowest BCUT2D eigenvalue weighted by Gasteiger charge is -2.31. The molecule has 86 valence electrons. The van der Waals surface area contributed by atoms with Crippen molar-refractivity contribution in [2.45, 2.75) is 20.4 Å². The number of hydrogen-bond donors (Lipinski definition) is 0. The quantitative estimate of drug-likeness (QED) is 0.741. The first kappa shape index (κ1) is 12.2. The summed E-state index contributed by atoms with van der Waals surface area (Å²) < 4.78 is 4.79. The van der Waals surface area contributed by atoms with Crippen molar-refractivity contribution in [1.82, 2.24) is 15.0 Å². The lowest BCUT2D eigenvalue weighted by atomic mass is 10.3. The number of rotatable bonds is 2. The van der Waals surface area contributed by atoms with E-state index in [2.05, 4.69) is 22.0 Å². The van der Waals surface area contributed by atoms with Crippen LogP contribution in [0.25, 0.3) is 0 Å². The lowest BCUT2D eigenvalue weighted by molar-refractivity contribution is 0.145. The average Bonchev–Trinajstić information content (AvgIpc) is 2.77. The fourth-order valence-corrected chi connectivity index (χ4v) is 1.55. The molecular formula is C11H21N3O. The summed E-state index contributed by atoms with van der Waals surface area (Å²) in [5.41, 5.74) is 1.03. The molecule has 0 unspecified atom stereocenters. The van der Waals surface area contributed by atoms with Gasteiger partial charge in [-0.25, -0.2) is 0 Å². The molecule has 1 aliphatic heterocycles. The molecule has 4 nitrogen and oxygen atoms in total. The van der Waals surface area contributed by atoms with Gasteiger partial charge in [0.05, 0.1) is 5.69 Å². The van der Waals surface area contributed by atoms with Gasteiger partial charge in [-0.15, -0.1) is 0 Å². The molecule has 0 aliphatic carbocycles. The van der Waals surface area contributed by atoms with Gasteiger partial charge >= 0.3 is 0 Å². The predicted molar refractivity (Wildman–Crippen MR) is 60.6 cm³/mol. The highest BCUT2D eigenvalue weighted by Crippen LogP contribution is 2.05. The molecule has 1 aromatic rings. The fraction of sp³-hybridized carbons (Fsp3) is 0.727. The molecule has 1 aliphatic rings. The standard InChI is InChI=1S/C9H15N3O.C2H6/c1-11-3-5-12(6-4-11)8-9-2-7-13-10-9;1-2/h2,7H,3-6,8H2,1H3;1-2H3. The molecule has 0 atom stereocenters. The maximum absolute atomic E-state index is 4.79. The van der Waals surface area contributed by atoms with E-state index in [0.717, 1.165) is 38.4 Å². The summed E-state index contributed by atoms with van der Waals surface area (Å²) >= 11 is 0. The van der Waals surface area contributed by atoms with Gasteiger partial charge < -0.3 is 9.42 Å². The van der Waals surface area contributed by atoms with E-state index in [-0.39, 0.29) is 0 Å². The molecule has 0 bridgehead atoms. The monoisotopic (exact) mass is 211 g/mol. The van der Waals surface area contributed by atoms with Crippen molar-refractivity contribution in [2.75, 3.05) is 33.2 Å². The van der Waals surface area contributed by atoms with Crippen LogP contribution in [0.5, 0.6) is 0 Å². The van der Waals surface area contributed by atoms with Crippen molar-refractivity contribution in [3.8, 4) is 0 Å². The third-order valence-electron chi connectivity index (χ3n) is 2.47. The van der Waals surface area contributed by atoms with Gasteiger partial charge in [0.25, 0.3) is 0 Å². The number of piperazine rings is 1. The van der Waals surface area contributed by atoms with E-state index >= 15 is 0 Å². The Bertz CT molecular complexity index is 240. The van der Waals surface area contributed by atoms with Crippen molar-refractivity contribution >= 4 is 0 Å². The van der Waals surface area contributed by atoms with Gasteiger partial charge in [-0.1, -0.05) is 19.0 Å². The maximum atomic E-state index is 4.79. The van der Waals surface area contributed by atoms with E-state index in [9.17, 15) is 0 Å². The summed E-state index contributed by atoms with van der Waals surface area (Å²) in [5, 5.41) is 3.90. The van der Waals surface area contributed by atoms with E-state index in [4.69, 9.17) is 4.52 Å². The minimum Gasteiger partial charge on any atom is -0.364 e. The molecule has 0 spiro atoms. The van der Waals surface area contributed by atoms with E-state index in [1.807, 2.05) is 19.9 Å². The van der Waals surface area contributed by atoms with Gasteiger partial charge in [-0.05, 0) is 7.05 Å². The number of hydrogen-bond acceptors (Lipinski definition) is 4. The van der Waals surface area contributed by atoms with Crippen molar-refractivity contribution in [1.29, 1.82) is 0 Å².